The molecule has 3 nitrogen and oxygen atoms in total. The molecule has 0 N–H and O–H groups in total. The third kappa shape index (κ3) is 2.60. The van der Waals surface area contributed by atoms with Crippen molar-refractivity contribution in [3.8, 4) is 11.3 Å². The van der Waals surface area contributed by atoms with Gasteiger partial charge in [-0.15, -0.1) is 0 Å². The van der Waals surface area contributed by atoms with E-state index in [9.17, 15) is 0 Å². The molecule has 4 aromatic rings. The van der Waals surface area contributed by atoms with E-state index in [2.05, 4.69) is 76.2 Å². The molecule has 0 aliphatic carbocycles. The van der Waals surface area contributed by atoms with Crippen molar-refractivity contribution in [3.63, 3.8) is 0 Å². The van der Waals surface area contributed by atoms with Crippen LogP contribution in [0.3, 0.4) is 0 Å². The van der Waals surface area contributed by atoms with Crippen LogP contribution in [0.2, 0.25) is 0 Å². The Bertz CT molecular complexity index is 1170. The topological polar surface area (TPSA) is 31.6 Å². The first-order valence-electron chi connectivity index (χ1n) is 9.72. The lowest BCUT2D eigenvalue weighted by atomic mass is 9.75. The van der Waals surface area contributed by atoms with E-state index < -0.39 is 18.3 Å². The lowest BCUT2D eigenvalue weighted by Gasteiger charge is -2.32. The van der Waals surface area contributed by atoms with Gasteiger partial charge in [-0.3, -0.25) is 0 Å². The van der Waals surface area contributed by atoms with Gasteiger partial charge in [0.1, 0.15) is 11.3 Å². The van der Waals surface area contributed by atoms with Crippen LogP contribution in [0.4, 0.5) is 0 Å². The van der Waals surface area contributed by atoms with Crippen LogP contribution < -0.4 is 5.46 Å². The molecule has 0 saturated carbocycles. The third-order valence-electron chi connectivity index (χ3n) is 6.13. The second kappa shape index (κ2) is 5.97. The largest absolute Gasteiger partial charge is 0.499 e. The van der Waals surface area contributed by atoms with E-state index in [1.807, 2.05) is 18.2 Å². The van der Waals surface area contributed by atoms with Gasteiger partial charge in [0.15, 0.2) is 0 Å². The van der Waals surface area contributed by atoms with E-state index in [0.29, 0.717) is 0 Å². The van der Waals surface area contributed by atoms with Crippen molar-refractivity contribution in [1.29, 1.82) is 0 Å². The van der Waals surface area contributed by atoms with Crippen LogP contribution in [0.1, 0.15) is 27.7 Å². The van der Waals surface area contributed by atoms with Crippen molar-refractivity contribution in [3.05, 3.63) is 66.7 Å². The molecule has 0 atom stereocenters. The van der Waals surface area contributed by atoms with Crippen molar-refractivity contribution < 1.29 is 13.7 Å². The Kier molecular flexibility index (Phi) is 3.74. The maximum Gasteiger partial charge on any atom is 0.499 e. The average Bonchev–Trinajstić information content (AvgIpc) is 3.15. The zero-order valence-electron chi connectivity index (χ0n) is 16.7. The first-order valence-corrected chi connectivity index (χ1v) is 9.72. The predicted octanol–water partition coefficient (Wildman–Crippen LogP) is 5.55. The van der Waals surface area contributed by atoms with E-state index in [-0.39, 0.29) is 0 Å². The standard InChI is InChI=1S/C24H23BO3/c1-23(2)24(3,4)28-25(27-23)21-19-11-7-8-12-20(19)26-22(21)18-14-13-16-9-5-6-10-17(16)15-18/h5-15H,1-4H3. The van der Waals surface area contributed by atoms with Crippen LogP contribution >= 0.6 is 0 Å². The summed E-state index contributed by atoms with van der Waals surface area (Å²) in [5.74, 6) is 0.811. The van der Waals surface area contributed by atoms with Gasteiger partial charge in [0.25, 0.3) is 0 Å². The minimum Gasteiger partial charge on any atom is -0.456 e. The van der Waals surface area contributed by atoms with Crippen LogP contribution in [0.5, 0.6) is 0 Å². The lowest BCUT2D eigenvalue weighted by Crippen LogP contribution is -2.41. The van der Waals surface area contributed by atoms with Crippen molar-refractivity contribution in [1.82, 2.24) is 0 Å². The van der Waals surface area contributed by atoms with E-state index >= 15 is 0 Å². The summed E-state index contributed by atoms with van der Waals surface area (Å²) in [4.78, 5) is 0. The minimum absolute atomic E-state index is 0.406. The normalized spacial score (nSPS) is 18.2. The van der Waals surface area contributed by atoms with Crippen LogP contribution in [-0.2, 0) is 9.31 Å². The van der Waals surface area contributed by atoms with E-state index in [1.165, 1.54) is 10.8 Å². The number of fused-ring (bicyclic) bond motifs is 2. The van der Waals surface area contributed by atoms with E-state index in [0.717, 1.165) is 27.8 Å². The molecule has 1 fully saturated rings. The molecule has 140 valence electrons. The molecule has 1 aromatic heterocycles. The van der Waals surface area contributed by atoms with Crippen molar-refractivity contribution in [2.75, 3.05) is 0 Å². The molecule has 1 aliphatic heterocycles. The molecular weight excluding hydrogens is 347 g/mol. The van der Waals surface area contributed by atoms with Gasteiger partial charge < -0.3 is 13.7 Å². The average molecular weight is 370 g/mol. The summed E-state index contributed by atoms with van der Waals surface area (Å²) in [7, 11) is -0.477. The fourth-order valence-electron chi connectivity index (χ4n) is 3.81. The summed E-state index contributed by atoms with van der Waals surface area (Å²) in [6.45, 7) is 8.30. The van der Waals surface area contributed by atoms with E-state index in [1.54, 1.807) is 0 Å². The molecule has 3 aromatic carbocycles. The number of benzene rings is 3. The van der Waals surface area contributed by atoms with Gasteiger partial charge in [-0.1, -0.05) is 54.6 Å². The minimum atomic E-state index is -0.477. The Labute approximate surface area is 165 Å². The number of hydrogen-bond acceptors (Lipinski definition) is 3. The molecule has 4 heteroatoms. The lowest BCUT2D eigenvalue weighted by molar-refractivity contribution is 0.00578. The zero-order valence-corrected chi connectivity index (χ0v) is 16.7. The first-order chi connectivity index (χ1) is 13.4. The molecular formula is C24H23BO3. The van der Waals surface area contributed by atoms with Gasteiger partial charge in [-0.05, 0) is 50.6 Å². The Balaban J connectivity index is 1.72. The highest BCUT2D eigenvalue weighted by Crippen LogP contribution is 2.39. The van der Waals surface area contributed by atoms with Crippen molar-refractivity contribution >= 4 is 34.3 Å². The number of furan rings is 1. The van der Waals surface area contributed by atoms with Gasteiger partial charge in [-0.2, -0.15) is 0 Å². The van der Waals surface area contributed by atoms with Crippen LogP contribution in [0.15, 0.2) is 71.1 Å². The van der Waals surface area contributed by atoms with Gasteiger partial charge in [0, 0.05) is 16.4 Å². The highest BCUT2D eigenvalue weighted by Gasteiger charge is 2.53. The zero-order chi connectivity index (χ0) is 19.5. The van der Waals surface area contributed by atoms with Gasteiger partial charge in [0.2, 0.25) is 0 Å². The summed E-state index contributed by atoms with van der Waals surface area (Å²) in [6.07, 6.45) is 0. The monoisotopic (exact) mass is 370 g/mol. The first kappa shape index (κ1) is 17.5. The molecule has 5 rings (SSSR count). The molecule has 0 amide bonds. The molecule has 0 spiro atoms. The molecule has 0 bridgehead atoms. The fourth-order valence-corrected chi connectivity index (χ4v) is 3.81. The Morgan fingerprint density at radius 2 is 1.36 bits per heavy atom. The number of rotatable bonds is 2. The van der Waals surface area contributed by atoms with Crippen molar-refractivity contribution in [2.24, 2.45) is 0 Å². The number of hydrogen-bond donors (Lipinski definition) is 0. The summed E-state index contributed by atoms with van der Waals surface area (Å²) < 4.78 is 19.1. The van der Waals surface area contributed by atoms with Crippen molar-refractivity contribution in [2.45, 2.75) is 38.9 Å². The fraction of sp³-hybridized carbons (Fsp3) is 0.250. The summed E-state index contributed by atoms with van der Waals surface area (Å²) in [5.41, 5.74) is 2.02. The highest BCUT2D eigenvalue weighted by atomic mass is 16.7. The second-order valence-corrected chi connectivity index (χ2v) is 8.49. The van der Waals surface area contributed by atoms with Gasteiger partial charge >= 0.3 is 7.12 Å². The summed E-state index contributed by atoms with van der Waals surface area (Å²) >= 11 is 0. The van der Waals surface area contributed by atoms with Crippen LogP contribution in [0, 0.1) is 0 Å². The summed E-state index contributed by atoms with van der Waals surface area (Å²) in [6, 6.07) is 22.8. The Morgan fingerprint density at radius 3 is 2.11 bits per heavy atom. The molecule has 1 saturated heterocycles. The quantitative estimate of drug-likeness (QED) is 0.434. The van der Waals surface area contributed by atoms with Gasteiger partial charge in [-0.25, -0.2) is 0 Å². The number of para-hydroxylation sites is 1. The molecule has 0 radical (unpaired) electrons. The SMILES string of the molecule is CC1(C)OB(c2c(-c3ccc4ccccc4c3)oc3ccccc23)OC1(C)C. The summed E-state index contributed by atoms with van der Waals surface area (Å²) in [5, 5.41) is 3.42. The molecule has 2 heterocycles. The highest BCUT2D eigenvalue weighted by molar-refractivity contribution is 6.67. The second-order valence-electron chi connectivity index (χ2n) is 8.49. The predicted molar refractivity (Wildman–Crippen MR) is 115 cm³/mol. The maximum atomic E-state index is 6.38. The Hall–Kier alpha value is -2.56. The molecule has 1 aliphatic rings. The molecule has 0 unspecified atom stereocenters. The van der Waals surface area contributed by atoms with Crippen LogP contribution in [0.25, 0.3) is 33.1 Å². The third-order valence-corrected chi connectivity index (χ3v) is 6.13. The van der Waals surface area contributed by atoms with Crippen LogP contribution in [-0.4, -0.2) is 18.3 Å². The smallest absolute Gasteiger partial charge is 0.456 e. The Morgan fingerprint density at radius 1 is 0.714 bits per heavy atom. The van der Waals surface area contributed by atoms with Gasteiger partial charge in [0.05, 0.1) is 11.2 Å². The molecule has 28 heavy (non-hydrogen) atoms. The van der Waals surface area contributed by atoms with E-state index in [4.69, 9.17) is 13.7 Å². The maximum absolute atomic E-state index is 6.38.